The second kappa shape index (κ2) is 31.8. The van der Waals surface area contributed by atoms with Crippen molar-refractivity contribution >= 4 is 76.8 Å². The molecule has 66 heavy (non-hydrogen) atoms. The maximum Gasteiger partial charge on any atom is 0.326 e. The largest absolute Gasteiger partial charge is 0.480 e. The van der Waals surface area contributed by atoms with Crippen LogP contribution >= 0.6 is 23.5 Å². The number of thioether (sulfide) groups is 2. The van der Waals surface area contributed by atoms with Gasteiger partial charge in [-0.25, -0.2) is 4.79 Å². The summed E-state index contributed by atoms with van der Waals surface area (Å²) in [4.78, 5) is 120. The van der Waals surface area contributed by atoms with E-state index in [0.717, 1.165) is 0 Å². The molecule has 0 bridgehead atoms. The Bertz CT molecular complexity index is 1600. The number of carbonyl (C=O) groups excluding carboxylic acids is 8. The lowest BCUT2D eigenvalue weighted by Crippen LogP contribution is -2.60. The minimum absolute atomic E-state index is 0.0213. The summed E-state index contributed by atoms with van der Waals surface area (Å²) in [6.07, 6.45) is 5.50. The minimum Gasteiger partial charge on any atom is -0.480 e. The van der Waals surface area contributed by atoms with E-state index >= 15 is 0 Å². The van der Waals surface area contributed by atoms with Crippen molar-refractivity contribution in [2.24, 2.45) is 35.3 Å². The molecule has 0 aliphatic carbocycles. The molecule has 0 saturated carbocycles. The number of nitrogens with one attached hydrogen (secondary N) is 8. The zero-order valence-corrected chi connectivity index (χ0v) is 43.4. The van der Waals surface area contributed by atoms with Crippen LogP contribution < -0.4 is 48.3 Å². The second-order valence-electron chi connectivity index (χ2n) is 18.7. The molecule has 0 heterocycles. The molecule has 0 unspecified atom stereocenters. The van der Waals surface area contributed by atoms with Crippen LogP contribution in [0.1, 0.15) is 122 Å². The van der Waals surface area contributed by atoms with Gasteiger partial charge in [-0.1, -0.05) is 75.7 Å². The first-order valence-electron chi connectivity index (χ1n) is 23.1. The van der Waals surface area contributed by atoms with Crippen molar-refractivity contribution in [3.63, 3.8) is 0 Å². The molecular formula is C45H83N9O10S2. The smallest absolute Gasteiger partial charge is 0.326 e. The predicted molar refractivity (Wildman–Crippen MR) is 261 cm³/mol. The van der Waals surface area contributed by atoms with Crippen LogP contribution in [0.4, 0.5) is 0 Å². The van der Waals surface area contributed by atoms with Crippen LogP contribution in [-0.4, -0.2) is 137 Å². The Morgan fingerprint density at radius 2 is 0.803 bits per heavy atom. The van der Waals surface area contributed by atoms with Gasteiger partial charge >= 0.3 is 5.97 Å². The topological polar surface area (TPSA) is 296 Å². The Hall–Kier alpha value is -4.11. The van der Waals surface area contributed by atoms with Gasteiger partial charge in [0.15, 0.2) is 0 Å². The molecular weight excluding hydrogens is 891 g/mol. The van der Waals surface area contributed by atoms with E-state index in [2.05, 4.69) is 42.5 Å². The molecule has 0 fully saturated rings. The number of carboxylic acids is 1. The lowest BCUT2D eigenvalue weighted by atomic mass is 9.96. The van der Waals surface area contributed by atoms with Crippen LogP contribution in [0, 0.1) is 29.6 Å². The molecule has 19 nitrogen and oxygen atoms in total. The van der Waals surface area contributed by atoms with Crippen molar-refractivity contribution < 1.29 is 48.3 Å². The number of amides is 8. The van der Waals surface area contributed by atoms with Crippen LogP contribution in [0.25, 0.3) is 0 Å². The van der Waals surface area contributed by atoms with E-state index in [-0.39, 0.29) is 42.9 Å². The number of carbonyl (C=O) groups is 9. The third-order valence-corrected chi connectivity index (χ3v) is 12.0. The number of nitrogens with two attached hydrogens (primary N) is 1. The van der Waals surface area contributed by atoms with Gasteiger partial charge in [0.1, 0.15) is 48.3 Å². The van der Waals surface area contributed by atoms with Crippen molar-refractivity contribution in [3.05, 3.63) is 0 Å². The summed E-state index contributed by atoms with van der Waals surface area (Å²) >= 11 is 2.98. The fraction of sp³-hybridized carbons (Fsp3) is 0.800. The van der Waals surface area contributed by atoms with E-state index in [9.17, 15) is 48.3 Å². The first-order valence-corrected chi connectivity index (χ1v) is 25.9. The fourth-order valence-corrected chi connectivity index (χ4v) is 7.57. The van der Waals surface area contributed by atoms with Gasteiger partial charge in [-0.05, 0) is 99.6 Å². The van der Waals surface area contributed by atoms with Crippen molar-refractivity contribution in [3.8, 4) is 0 Å². The van der Waals surface area contributed by atoms with Gasteiger partial charge in [0.25, 0.3) is 0 Å². The van der Waals surface area contributed by atoms with E-state index < -0.39 is 114 Å². The molecule has 21 heteroatoms. The van der Waals surface area contributed by atoms with Crippen LogP contribution in [0.15, 0.2) is 0 Å². The maximum absolute atomic E-state index is 13.9. The molecule has 0 spiro atoms. The van der Waals surface area contributed by atoms with E-state index in [1.165, 1.54) is 25.6 Å². The molecule has 0 aliphatic heterocycles. The number of rotatable bonds is 32. The summed E-state index contributed by atoms with van der Waals surface area (Å²) in [7, 11) is 0. The van der Waals surface area contributed by atoms with Gasteiger partial charge in [0.2, 0.25) is 47.3 Å². The van der Waals surface area contributed by atoms with Crippen molar-refractivity contribution in [1.82, 2.24) is 42.5 Å². The van der Waals surface area contributed by atoms with Crippen LogP contribution in [-0.2, 0) is 43.2 Å². The minimum atomic E-state index is -1.21. The van der Waals surface area contributed by atoms with E-state index in [1.807, 2.05) is 61.0 Å². The maximum atomic E-state index is 13.9. The van der Waals surface area contributed by atoms with Gasteiger partial charge in [-0.15, -0.1) is 0 Å². The quantitative estimate of drug-likeness (QED) is 0.0460. The molecule has 0 aromatic carbocycles. The lowest BCUT2D eigenvalue weighted by molar-refractivity contribution is -0.144. The Kier molecular flexibility index (Phi) is 29.8. The van der Waals surface area contributed by atoms with Gasteiger partial charge < -0.3 is 53.4 Å². The second-order valence-corrected chi connectivity index (χ2v) is 20.7. The van der Waals surface area contributed by atoms with Crippen molar-refractivity contribution in [2.45, 2.75) is 176 Å². The Morgan fingerprint density at radius 3 is 1.21 bits per heavy atom. The van der Waals surface area contributed by atoms with Crippen molar-refractivity contribution in [2.75, 3.05) is 24.0 Å². The molecule has 8 amide bonds. The zero-order chi connectivity index (χ0) is 51.0. The first-order chi connectivity index (χ1) is 30.7. The molecule has 0 rings (SSSR count). The summed E-state index contributed by atoms with van der Waals surface area (Å²) in [5.41, 5.74) is 6.05. The first kappa shape index (κ1) is 61.9. The summed E-state index contributed by atoms with van der Waals surface area (Å²) < 4.78 is 0. The summed E-state index contributed by atoms with van der Waals surface area (Å²) in [5, 5.41) is 31.0. The molecule has 380 valence electrons. The Morgan fingerprint density at radius 1 is 0.455 bits per heavy atom. The van der Waals surface area contributed by atoms with E-state index in [1.54, 1.807) is 32.5 Å². The average molecular weight is 974 g/mol. The molecule has 0 radical (unpaired) electrons. The van der Waals surface area contributed by atoms with Crippen LogP contribution in [0.5, 0.6) is 0 Å². The summed E-state index contributed by atoms with van der Waals surface area (Å²) in [6, 6.07) is -9.69. The third-order valence-electron chi connectivity index (χ3n) is 10.8. The van der Waals surface area contributed by atoms with E-state index in [0.29, 0.717) is 30.8 Å². The normalized spacial score (nSPS) is 16.0. The highest BCUT2D eigenvalue weighted by Gasteiger charge is 2.35. The number of hydrogen-bond acceptors (Lipinski definition) is 12. The Labute approximate surface area is 401 Å². The highest BCUT2D eigenvalue weighted by molar-refractivity contribution is 7.98. The zero-order valence-electron chi connectivity index (χ0n) is 41.8. The average Bonchev–Trinajstić information content (AvgIpc) is 3.22. The monoisotopic (exact) mass is 974 g/mol. The standard InChI is InChI=1S/C45H83N9O10S2/c1-15-27(10)36(44(62)53-35(26(8)9)45(63)64)54-40(58)31(17-19-66-14)49-42(60)33(21-24(4)5)50-38(56)29(12)47-37(55)28(11)48-41(59)32(20-23(2)3)52-43(61)34(22-25(6)7)51-39(57)30(46)16-18-65-13/h23-36H,15-22,46H2,1-14H3,(H,47,55)(H,48,59)(H,49,60)(H,50,56)(H,51,57)(H,52,61)(H,53,62)(H,54,58)(H,63,64)/t27-,28-,29-,30-,31-,32-,33-,34-,35-,36-/m0/s1. The molecule has 11 N–H and O–H groups in total. The molecule has 0 aromatic rings. The molecule has 0 aliphatic rings. The van der Waals surface area contributed by atoms with Crippen molar-refractivity contribution in [1.29, 1.82) is 0 Å². The molecule has 0 saturated heterocycles. The van der Waals surface area contributed by atoms with E-state index in [4.69, 9.17) is 5.73 Å². The number of aliphatic carboxylic acids is 1. The van der Waals surface area contributed by atoms with Crippen LogP contribution in [0.3, 0.4) is 0 Å². The summed E-state index contributed by atoms with van der Waals surface area (Å²) in [6.45, 7) is 20.9. The molecule has 0 aromatic heterocycles. The Balaban J connectivity index is 6.03. The van der Waals surface area contributed by atoms with Gasteiger partial charge in [-0.3, -0.25) is 38.4 Å². The van der Waals surface area contributed by atoms with Gasteiger partial charge in [0.05, 0.1) is 6.04 Å². The highest BCUT2D eigenvalue weighted by atomic mass is 32.2. The highest BCUT2D eigenvalue weighted by Crippen LogP contribution is 2.14. The lowest BCUT2D eigenvalue weighted by Gasteiger charge is -2.29. The van der Waals surface area contributed by atoms with Gasteiger partial charge in [-0.2, -0.15) is 23.5 Å². The van der Waals surface area contributed by atoms with Crippen LogP contribution in [0.2, 0.25) is 0 Å². The molecule has 10 atom stereocenters. The third kappa shape index (κ3) is 23.6. The summed E-state index contributed by atoms with van der Waals surface area (Å²) in [5.74, 6) is -6.11. The van der Waals surface area contributed by atoms with Gasteiger partial charge in [0, 0.05) is 0 Å². The fourth-order valence-electron chi connectivity index (χ4n) is 6.61. The SMILES string of the molecule is CC[C@H](C)[C@H](NC(=O)[C@H](CCSC)NC(=O)[C@H](CC(C)C)NC(=O)[C@H](C)NC(=O)[C@H](C)NC(=O)[C@H](CC(C)C)NC(=O)[C@H](CC(C)C)NC(=O)[C@@H](N)CCSC)C(=O)N[C@H](C(=O)O)C(C)C. The number of hydrogen-bond donors (Lipinski definition) is 10. The number of carboxylic acid groups (broad SMARTS) is 1. The predicted octanol–water partition coefficient (Wildman–Crippen LogP) is 1.66.